The Balaban J connectivity index is 3.60. The molecule has 2 atom stereocenters. The second-order valence-electron chi connectivity index (χ2n) is 7.85. The van der Waals surface area contributed by atoms with E-state index in [1.165, 1.54) is 5.57 Å². The molecule has 1 N–H and O–H groups in total. The van der Waals surface area contributed by atoms with E-state index in [4.69, 9.17) is 4.74 Å². The second kappa shape index (κ2) is 15.4. The van der Waals surface area contributed by atoms with Crippen molar-refractivity contribution in [2.75, 3.05) is 20.3 Å². The molecule has 1 rings (SSSR count). The maximum absolute atomic E-state index is 13.1. The Bertz CT molecular complexity index is 736. The van der Waals surface area contributed by atoms with E-state index in [-0.39, 0.29) is 11.8 Å². The number of hydrogen-bond donors (Lipinski definition) is 1. The summed E-state index contributed by atoms with van der Waals surface area (Å²) < 4.78 is 5.11. The summed E-state index contributed by atoms with van der Waals surface area (Å²) in [6, 6.07) is 0. The van der Waals surface area contributed by atoms with Crippen molar-refractivity contribution in [3.8, 4) is 0 Å². The number of allylic oxidation sites excluding steroid dienone is 13. The highest BCUT2D eigenvalue weighted by Crippen LogP contribution is 2.48. The largest absolute Gasteiger partial charge is 0.383 e. The number of ether oxygens (including phenoxy) is 1. The second-order valence-corrected chi connectivity index (χ2v) is 7.85. The molecule has 1 aliphatic carbocycles. The highest BCUT2D eigenvalue weighted by molar-refractivity contribution is 5.78. The summed E-state index contributed by atoms with van der Waals surface area (Å²) in [4.78, 5) is 13.1. The molecule has 0 heterocycles. The van der Waals surface area contributed by atoms with Crippen LogP contribution in [-0.4, -0.2) is 26.2 Å². The van der Waals surface area contributed by atoms with E-state index in [1.54, 1.807) is 7.11 Å². The molecule has 3 heteroatoms. The molecule has 0 saturated carbocycles. The smallest absolute Gasteiger partial charge is 0.221 e. The van der Waals surface area contributed by atoms with Gasteiger partial charge in [-0.25, -0.2) is 0 Å². The van der Waals surface area contributed by atoms with E-state index in [1.807, 2.05) is 25.2 Å². The maximum Gasteiger partial charge on any atom is 0.221 e. The summed E-state index contributed by atoms with van der Waals surface area (Å²) >= 11 is 0. The molecule has 0 aromatic carbocycles. The van der Waals surface area contributed by atoms with E-state index < -0.39 is 5.41 Å². The Labute approximate surface area is 190 Å². The minimum absolute atomic E-state index is 0.0272. The molecule has 0 aromatic heterocycles. The quantitative estimate of drug-likeness (QED) is 0.266. The number of amides is 1. The highest BCUT2D eigenvalue weighted by Gasteiger charge is 2.42. The van der Waals surface area contributed by atoms with Crippen molar-refractivity contribution in [3.05, 3.63) is 84.6 Å². The molecule has 0 radical (unpaired) electrons. The van der Waals surface area contributed by atoms with E-state index in [2.05, 4.69) is 74.4 Å². The fourth-order valence-electron chi connectivity index (χ4n) is 4.04. The van der Waals surface area contributed by atoms with Gasteiger partial charge in [0.2, 0.25) is 5.91 Å². The first-order valence-corrected chi connectivity index (χ1v) is 11.5. The number of nitrogens with one attached hydrogen (secondary N) is 1. The molecule has 0 fully saturated rings. The minimum atomic E-state index is -0.491. The average Bonchev–Trinajstić information content (AvgIpc) is 3.05. The summed E-state index contributed by atoms with van der Waals surface area (Å²) in [7, 11) is 1.64. The Hall–Kier alpha value is -2.39. The van der Waals surface area contributed by atoms with Crippen LogP contribution >= 0.6 is 0 Å². The first kappa shape index (κ1) is 26.6. The van der Waals surface area contributed by atoms with Crippen LogP contribution in [0.5, 0.6) is 0 Å². The Morgan fingerprint density at radius 3 is 2.84 bits per heavy atom. The summed E-state index contributed by atoms with van der Waals surface area (Å²) in [6.45, 7) is 11.3. The van der Waals surface area contributed by atoms with Crippen molar-refractivity contribution in [2.24, 2.45) is 11.3 Å². The fraction of sp³-hybridized carbons (Fsp3) is 0.464. The zero-order valence-electron chi connectivity index (χ0n) is 19.9. The topological polar surface area (TPSA) is 38.3 Å². The first-order chi connectivity index (χ1) is 15.1. The Morgan fingerprint density at radius 1 is 1.35 bits per heavy atom. The number of carbonyl (C=O) groups excluding carboxylic acids is 1. The standard InChI is InChI=1S/C28H41NO2/c1-6-9-10-13-18-24(4)28(25(16-7-2)17-8-3,23-27(30)29-21-22-31-5)26-19-14-11-12-15-20-26/h7-10,13-14,16-20,24H,2,6,11-12,15,21-23H2,1,3-5H3,(H,29,30)/b10-9-,17-8-,18-13-,25-16+. The molecule has 0 saturated heterocycles. The van der Waals surface area contributed by atoms with Crippen LogP contribution in [0.2, 0.25) is 0 Å². The molecular formula is C28H41NO2. The monoisotopic (exact) mass is 423 g/mol. The van der Waals surface area contributed by atoms with Crippen molar-refractivity contribution in [1.82, 2.24) is 5.32 Å². The lowest BCUT2D eigenvalue weighted by molar-refractivity contribution is -0.123. The Morgan fingerprint density at radius 2 is 2.16 bits per heavy atom. The van der Waals surface area contributed by atoms with Gasteiger partial charge in [-0.05, 0) is 49.7 Å². The zero-order chi connectivity index (χ0) is 23.0. The number of carbonyl (C=O) groups is 1. The van der Waals surface area contributed by atoms with Crippen LogP contribution in [-0.2, 0) is 9.53 Å². The van der Waals surface area contributed by atoms with Crippen LogP contribution < -0.4 is 5.32 Å². The lowest BCUT2D eigenvalue weighted by Gasteiger charge is -2.41. The number of rotatable bonds is 13. The molecule has 3 nitrogen and oxygen atoms in total. The van der Waals surface area contributed by atoms with Gasteiger partial charge in [-0.1, -0.05) is 87.3 Å². The van der Waals surface area contributed by atoms with Gasteiger partial charge < -0.3 is 10.1 Å². The van der Waals surface area contributed by atoms with Gasteiger partial charge in [-0.3, -0.25) is 4.79 Å². The van der Waals surface area contributed by atoms with Gasteiger partial charge in [0.1, 0.15) is 0 Å². The fourth-order valence-corrected chi connectivity index (χ4v) is 4.04. The van der Waals surface area contributed by atoms with Crippen LogP contribution in [0.25, 0.3) is 0 Å². The molecule has 0 aromatic rings. The van der Waals surface area contributed by atoms with Crippen molar-refractivity contribution in [2.45, 2.75) is 52.9 Å². The van der Waals surface area contributed by atoms with Crippen LogP contribution in [0.4, 0.5) is 0 Å². The summed E-state index contributed by atoms with van der Waals surface area (Å²) in [6.07, 6.45) is 27.9. The Kier molecular flexibility index (Phi) is 13.3. The van der Waals surface area contributed by atoms with Crippen molar-refractivity contribution < 1.29 is 9.53 Å². The number of hydrogen-bond acceptors (Lipinski definition) is 2. The van der Waals surface area contributed by atoms with E-state index in [0.29, 0.717) is 19.6 Å². The molecule has 1 aliphatic rings. The SMILES string of the molecule is C=C/C=C(\C=C/C)C(CC(=O)NCCOC)(C1=CCCCC=C1)C(C)/C=C\C=C/CC. The van der Waals surface area contributed by atoms with Crippen LogP contribution in [0.3, 0.4) is 0 Å². The van der Waals surface area contributed by atoms with Crippen LogP contribution in [0.15, 0.2) is 84.6 Å². The molecule has 31 heavy (non-hydrogen) atoms. The third kappa shape index (κ3) is 8.34. The lowest BCUT2D eigenvalue weighted by Crippen LogP contribution is -2.39. The van der Waals surface area contributed by atoms with Gasteiger partial charge in [-0.2, -0.15) is 0 Å². The molecule has 0 aliphatic heterocycles. The summed E-state index contributed by atoms with van der Waals surface area (Å²) in [5.41, 5.74) is 1.81. The third-order valence-electron chi connectivity index (χ3n) is 5.64. The maximum atomic E-state index is 13.1. The van der Waals surface area contributed by atoms with Gasteiger partial charge in [-0.15, -0.1) is 0 Å². The normalized spacial score (nSPS) is 18.2. The van der Waals surface area contributed by atoms with Gasteiger partial charge in [0.15, 0.2) is 0 Å². The van der Waals surface area contributed by atoms with Crippen molar-refractivity contribution in [1.29, 1.82) is 0 Å². The predicted molar refractivity (Wildman–Crippen MR) is 134 cm³/mol. The first-order valence-electron chi connectivity index (χ1n) is 11.5. The van der Waals surface area contributed by atoms with Crippen LogP contribution in [0, 0.1) is 11.3 Å². The van der Waals surface area contributed by atoms with Gasteiger partial charge in [0, 0.05) is 25.5 Å². The minimum Gasteiger partial charge on any atom is -0.383 e. The predicted octanol–water partition coefficient (Wildman–Crippen LogP) is 6.64. The van der Waals surface area contributed by atoms with E-state index in [9.17, 15) is 4.79 Å². The summed E-state index contributed by atoms with van der Waals surface area (Å²) in [5.74, 6) is 0.123. The third-order valence-corrected chi connectivity index (χ3v) is 5.64. The van der Waals surface area contributed by atoms with Crippen molar-refractivity contribution >= 4 is 5.91 Å². The number of methoxy groups -OCH3 is 1. The summed E-state index contributed by atoms with van der Waals surface area (Å²) in [5, 5.41) is 3.03. The zero-order valence-corrected chi connectivity index (χ0v) is 19.9. The van der Waals surface area contributed by atoms with Crippen molar-refractivity contribution in [3.63, 3.8) is 0 Å². The molecule has 2 unspecified atom stereocenters. The molecule has 0 bridgehead atoms. The average molecular weight is 424 g/mol. The lowest BCUT2D eigenvalue weighted by atomic mass is 9.62. The molecular weight excluding hydrogens is 382 g/mol. The van der Waals surface area contributed by atoms with Crippen LogP contribution in [0.1, 0.15) is 52.9 Å². The van der Waals surface area contributed by atoms with E-state index in [0.717, 1.165) is 31.3 Å². The van der Waals surface area contributed by atoms with Gasteiger partial charge >= 0.3 is 0 Å². The van der Waals surface area contributed by atoms with Gasteiger partial charge in [0.05, 0.1) is 6.61 Å². The highest BCUT2D eigenvalue weighted by atomic mass is 16.5. The van der Waals surface area contributed by atoms with Gasteiger partial charge in [0.25, 0.3) is 0 Å². The molecule has 0 spiro atoms. The molecule has 170 valence electrons. The molecule has 1 amide bonds. The van der Waals surface area contributed by atoms with E-state index >= 15 is 0 Å².